The Morgan fingerprint density at radius 1 is 1.29 bits per heavy atom. The van der Waals surface area contributed by atoms with Gasteiger partial charge in [-0.15, -0.1) is 0 Å². The van der Waals surface area contributed by atoms with Gasteiger partial charge in [0.25, 0.3) is 0 Å². The highest BCUT2D eigenvalue weighted by Crippen LogP contribution is 2.28. The molecule has 1 aromatic rings. The predicted octanol–water partition coefficient (Wildman–Crippen LogP) is 1.87. The van der Waals surface area contributed by atoms with E-state index in [-0.39, 0.29) is 11.8 Å². The van der Waals surface area contributed by atoms with Gasteiger partial charge < -0.3 is 16.0 Å². The highest BCUT2D eigenvalue weighted by Gasteiger charge is 2.30. The molecule has 0 radical (unpaired) electrons. The molecular weight excluding hydrogens is 266 g/mol. The third-order valence-corrected chi connectivity index (χ3v) is 3.54. The molecule has 21 heavy (non-hydrogen) atoms. The molecule has 0 aromatic heterocycles. The minimum Gasteiger partial charge on any atom is -0.336 e. The van der Waals surface area contributed by atoms with E-state index < -0.39 is 5.54 Å². The smallest absolute Gasteiger partial charge is 0.243 e. The van der Waals surface area contributed by atoms with Crippen molar-refractivity contribution in [3.05, 3.63) is 29.8 Å². The molecule has 0 atom stereocenters. The SMILES string of the molecule is CC(=O)N(Cc1ccc(NC(=O)C(C)(C)N)cc1)C1CC1. The Morgan fingerprint density at radius 3 is 2.29 bits per heavy atom. The van der Waals surface area contributed by atoms with Gasteiger partial charge in [-0.2, -0.15) is 0 Å². The van der Waals surface area contributed by atoms with Gasteiger partial charge in [-0.1, -0.05) is 12.1 Å². The van der Waals surface area contributed by atoms with Crippen molar-refractivity contribution in [2.24, 2.45) is 5.73 Å². The molecule has 3 N–H and O–H groups in total. The highest BCUT2D eigenvalue weighted by molar-refractivity contribution is 5.97. The molecule has 1 aromatic carbocycles. The van der Waals surface area contributed by atoms with E-state index in [1.54, 1.807) is 20.8 Å². The second-order valence-electron chi connectivity index (χ2n) is 6.25. The molecule has 0 bridgehead atoms. The van der Waals surface area contributed by atoms with Crippen LogP contribution in [0.3, 0.4) is 0 Å². The Hall–Kier alpha value is -1.88. The van der Waals surface area contributed by atoms with Crippen molar-refractivity contribution in [3.63, 3.8) is 0 Å². The van der Waals surface area contributed by atoms with Gasteiger partial charge in [0, 0.05) is 25.2 Å². The van der Waals surface area contributed by atoms with Gasteiger partial charge in [-0.3, -0.25) is 9.59 Å². The molecule has 0 spiro atoms. The lowest BCUT2D eigenvalue weighted by Gasteiger charge is -2.21. The summed E-state index contributed by atoms with van der Waals surface area (Å²) in [5, 5.41) is 2.78. The van der Waals surface area contributed by atoms with Gasteiger partial charge in [0.2, 0.25) is 11.8 Å². The van der Waals surface area contributed by atoms with E-state index in [0.29, 0.717) is 18.3 Å². The lowest BCUT2D eigenvalue weighted by atomic mass is 10.1. The molecule has 0 unspecified atom stereocenters. The number of rotatable bonds is 5. The summed E-state index contributed by atoms with van der Waals surface area (Å²) < 4.78 is 0. The molecule has 1 aliphatic rings. The van der Waals surface area contributed by atoms with Crippen LogP contribution in [-0.4, -0.2) is 28.3 Å². The molecular formula is C16H23N3O2. The van der Waals surface area contributed by atoms with Crippen LogP contribution in [0.2, 0.25) is 0 Å². The van der Waals surface area contributed by atoms with Crippen LogP contribution in [0.4, 0.5) is 5.69 Å². The Morgan fingerprint density at radius 2 is 1.86 bits per heavy atom. The van der Waals surface area contributed by atoms with E-state index >= 15 is 0 Å². The van der Waals surface area contributed by atoms with E-state index in [2.05, 4.69) is 5.32 Å². The first kappa shape index (κ1) is 15.5. The maximum absolute atomic E-state index is 11.8. The lowest BCUT2D eigenvalue weighted by molar-refractivity contribution is -0.130. The standard InChI is InChI=1S/C16H23N3O2/c1-11(20)19(14-8-9-14)10-12-4-6-13(7-5-12)18-15(21)16(2,3)17/h4-7,14H,8-10,17H2,1-3H3,(H,18,21). The average molecular weight is 289 g/mol. The summed E-state index contributed by atoms with van der Waals surface area (Å²) in [6.45, 7) is 5.56. The normalized spacial score (nSPS) is 14.7. The number of nitrogens with one attached hydrogen (secondary N) is 1. The van der Waals surface area contributed by atoms with Gasteiger partial charge in [-0.25, -0.2) is 0 Å². The van der Waals surface area contributed by atoms with Gasteiger partial charge in [0.15, 0.2) is 0 Å². The summed E-state index contributed by atoms with van der Waals surface area (Å²) >= 11 is 0. The Labute approximate surface area is 125 Å². The van der Waals surface area contributed by atoms with Crippen LogP contribution in [-0.2, 0) is 16.1 Å². The lowest BCUT2D eigenvalue weighted by Crippen LogP contribution is -2.45. The zero-order valence-electron chi connectivity index (χ0n) is 12.8. The topological polar surface area (TPSA) is 75.4 Å². The molecule has 5 heteroatoms. The number of amides is 2. The number of carbonyl (C=O) groups excluding carboxylic acids is 2. The van der Waals surface area contributed by atoms with Crippen molar-refractivity contribution in [2.45, 2.75) is 51.7 Å². The first-order chi connectivity index (χ1) is 9.77. The average Bonchev–Trinajstić information content (AvgIpc) is 3.20. The molecule has 0 saturated heterocycles. The van der Waals surface area contributed by atoms with Crippen LogP contribution in [0.25, 0.3) is 0 Å². The maximum Gasteiger partial charge on any atom is 0.243 e. The van der Waals surface area contributed by atoms with E-state index in [1.165, 1.54) is 0 Å². The maximum atomic E-state index is 11.8. The number of hydrogen-bond acceptors (Lipinski definition) is 3. The zero-order valence-corrected chi connectivity index (χ0v) is 12.8. The van der Waals surface area contributed by atoms with Crippen molar-refractivity contribution in [3.8, 4) is 0 Å². The van der Waals surface area contributed by atoms with Crippen molar-refractivity contribution in [1.82, 2.24) is 4.90 Å². The number of nitrogens with zero attached hydrogens (tertiary/aromatic N) is 1. The monoisotopic (exact) mass is 289 g/mol. The van der Waals surface area contributed by atoms with Gasteiger partial charge in [0.1, 0.15) is 0 Å². The summed E-state index contributed by atoms with van der Waals surface area (Å²) in [7, 11) is 0. The molecule has 0 aliphatic heterocycles. The van der Waals surface area contributed by atoms with Crippen molar-refractivity contribution < 1.29 is 9.59 Å². The summed E-state index contributed by atoms with van der Waals surface area (Å²) in [5.41, 5.74) is 6.60. The Kier molecular flexibility index (Phi) is 4.32. The van der Waals surface area contributed by atoms with Gasteiger partial charge in [0.05, 0.1) is 5.54 Å². The quantitative estimate of drug-likeness (QED) is 0.869. The van der Waals surface area contributed by atoms with E-state index in [9.17, 15) is 9.59 Å². The van der Waals surface area contributed by atoms with Gasteiger partial charge >= 0.3 is 0 Å². The number of hydrogen-bond donors (Lipinski definition) is 2. The van der Waals surface area contributed by atoms with Crippen molar-refractivity contribution in [2.75, 3.05) is 5.32 Å². The predicted molar refractivity (Wildman–Crippen MR) is 82.6 cm³/mol. The van der Waals surface area contributed by atoms with E-state index in [1.807, 2.05) is 29.2 Å². The van der Waals surface area contributed by atoms with Crippen molar-refractivity contribution >= 4 is 17.5 Å². The van der Waals surface area contributed by atoms with E-state index in [4.69, 9.17) is 5.73 Å². The largest absolute Gasteiger partial charge is 0.336 e. The molecule has 2 rings (SSSR count). The minimum absolute atomic E-state index is 0.111. The second-order valence-corrected chi connectivity index (χ2v) is 6.25. The van der Waals surface area contributed by atoms with Crippen LogP contribution in [0, 0.1) is 0 Å². The number of carbonyl (C=O) groups is 2. The fraction of sp³-hybridized carbons (Fsp3) is 0.500. The van der Waals surface area contributed by atoms with Crippen LogP contribution >= 0.6 is 0 Å². The molecule has 2 amide bonds. The summed E-state index contributed by atoms with van der Waals surface area (Å²) in [4.78, 5) is 25.3. The fourth-order valence-electron chi connectivity index (χ4n) is 2.07. The van der Waals surface area contributed by atoms with Crippen LogP contribution < -0.4 is 11.1 Å². The van der Waals surface area contributed by atoms with E-state index in [0.717, 1.165) is 18.4 Å². The molecule has 0 heterocycles. The highest BCUT2D eigenvalue weighted by atomic mass is 16.2. The third kappa shape index (κ3) is 4.29. The molecule has 1 aliphatic carbocycles. The first-order valence-corrected chi connectivity index (χ1v) is 7.24. The van der Waals surface area contributed by atoms with Gasteiger partial charge in [-0.05, 0) is 44.4 Å². The molecule has 5 nitrogen and oxygen atoms in total. The number of benzene rings is 1. The molecule has 114 valence electrons. The second kappa shape index (κ2) is 5.85. The Balaban J connectivity index is 1.98. The Bertz CT molecular complexity index is 527. The summed E-state index contributed by atoms with van der Waals surface area (Å²) in [5.74, 6) is -0.113. The van der Waals surface area contributed by atoms with Crippen LogP contribution in [0.15, 0.2) is 24.3 Å². The molecule has 1 fully saturated rings. The summed E-state index contributed by atoms with van der Waals surface area (Å²) in [6.07, 6.45) is 2.19. The van der Waals surface area contributed by atoms with Crippen LogP contribution in [0.5, 0.6) is 0 Å². The molecule has 1 saturated carbocycles. The minimum atomic E-state index is -0.907. The third-order valence-electron chi connectivity index (χ3n) is 3.54. The fourth-order valence-corrected chi connectivity index (χ4v) is 2.07. The summed E-state index contributed by atoms with van der Waals surface area (Å²) in [6, 6.07) is 7.93. The first-order valence-electron chi connectivity index (χ1n) is 7.24. The van der Waals surface area contributed by atoms with Crippen LogP contribution in [0.1, 0.15) is 39.2 Å². The number of anilines is 1. The van der Waals surface area contributed by atoms with Crippen molar-refractivity contribution in [1.29, 1.82) is 0 Å². The number of nitrogens with two attached hydrogens (primary N) is 1. The zero-order chi connectivity index (χ0) is 15.6.